The van der Waals surface area contributed by atoms with Crippen LogP contribution in [0.2, 0.25) is 0 Å². The number of rotatable bonds is 6. The van der Waals surface area contributed by atoms with Crippen molar-refractivity contribution >= 4 is 6.34 Å². The molecule has 5 heteroatoms. The second-order valence-corrected chi connectivity index (χ2v) is 5.10. The van der Waals surface area contributed by atoms with Crippen molar-refractivity contribution < 1.29 is 9.50 Å². The fraction of sp³-hybridized carbons (Fsp3) is 0.316. The second-order valence-electron chi connectivity index (χ2n) is 5.10. The Morgan fingerprint density at radius 1 is 1.17 bits per heavy atom. The van der Waals surface area contributed by atoms with E-state index in [1.54, 1.807) is 12.1 Å². The number of aliphatic imine (C=N–C) groups is 1. The van der Waals surface area contributed by atoms with Gasteiger partial charge in [0.15, 0.2) is 0 Å². The molecule has 2 aromatic rings. The van der Waals surface area contributed by atoms with Crippen LogP contribution in [0.4, 0.5) is 4.39 Å². The summed E-state index contributed by atoms with van der Waals surface area (Å²) in [7, 11) is 0. The predicted octanol–water partition coefficient (Wildman–Crippen LogP) is 2.93. The molecule has 0 aliphatic heterocycles. The summed E-state index contributed by atoms with van der Waals surface area (Å²) in [5.74, 6) is -0.337. The van der Waals surface area contributed by atoms with Crippen LogP contribution in [0.5, 0.6) is 0 Å². The van der Waals surface area contributed by atoms with Crippen molar-refractivity contribution in [2.45, 2.75) is 26.4 Å². The number of hydrogen-bond acceptors (Lipinski definition) is 3. The minimum atomic E-state index is -1.27. The lowest BCUT2D eigenvalue weighted by Crippen LogP contribution is -2.40. The predicted molar refractivity (Wildman–Crippen MR) is 97.5 cm³/mol. The Labute approximate surface area is 143 Å². The van der Waals surface area contributed by atoms with Gasteiger partial charge < -0.3 is 10.8 Å². The smallest absolute Gasteiger partial charge is 0.127 e. The second kappa shape index (κ2) is 9.80. The zero-order valence-corrected chi connectivity index (χ0v) is 14.5. The summed E-state index contributed by atoms with van der Waals surface area (Å²) in [6.45, 7) is 6.47. The van der Waals surface area contributed by atoms with Gasteiger partial charge in [0.1, 0.15) is 11.4 Å². The Kier molecular flexibility index (Phi) is 8.09. The van der Waals surface area contributed by atoms with Crippen LogP contribution in [0.25, 0.3) is 0 Å². The lowest BCUT2D eigenvalue weighted by molar-refractivity contribution is 0.0797. The van der Waals surface area contributed by atoms with Gasteiger partial charge in [0.05, 0.1) is 13.0 Å². The first kappa shape index (κ1) is 19.8. The lowest BCUT2D eigenvalue weighted by atomic mass is 9.84. The average molecular weight is 331 g/mol. The molecular formula is C19H26FN3O. The Balaban J connectivity index is 0.00000139. The minimum Gasteiger partial charge on any atom is -0.390 e. The highest BCUT2D eigenvalue weighted by molar-refractivity contribution is 5.51. The van der Waals surface area contributed by atoms with Crippen LogP contribution in [-0.4, -0.2) is 24.7 Å². The minimum absolute atomic E-state index is 0.237. The molecule has 1 atom stereocenters. The quantitative estimate of drug-likeness (QED) is 0.433. The first-order valence-corrected chi connectivity index (χ1v) is 8.03. The SMILES string of the molecule is CC.Cc1ccccc1C(O)(CNC/N=C\N)c1ccc(F)cc1. The van der Waals surface area contributed by atoms with Gasteiger partial charge in [0.2, 0.25) is 0 Å². The molecule has 130 valence electrons. The highest BCUT2D eigenvalue weighted by atomic mass is 19.1. The van der Waals surface area contributed by atoms with Crippen molar-refractivity contribution in [2.24, 2.45) is 10.7 Å². The van der Waals surface area contributed by atoms with E-state index in [9.17, 15) is 9.50 Å². The van der Waals surface area contributed by atoms with Gasteiger partial charge in [0, 0.05) is 6.54 Å². The molecule has 0 radical (unpaired) electrons. The highest BCUT2D eigenvalue weighted by Gasteiger charge is 2.32. The van der Waals surface area contributed by atoms with Crippen LogP contribution in [-0.2, 0) is 5.60 Å². The number of aliphatic hydroxyl groups is 1. The maximum atomic E-state index is 13.2. The van der Waals surface area contributed by atoms with Crippen molar-refractivity contribution in [3.63, 3.8) is 0 Å². The van der Waals surface area contributed by atoms with Crippen molar-refractivity contribution in [1.29, 1.82) is 0 Å². The summed E-state index contributed by atoms with van der Waals surface area (Å²) in [4.78, 5) is 3.87. The van der Waals surface area contributed by atoms with Gasteiger partial charge in [0.25, 0.3) is 0 Å². The summed E-state index contributed by atoms with van der Waals surface area (Å²) in [5, 5.41) is 14.3. The summed E-state index contributed by atoms with van der Waals surface area (Å²) < 4.78 is 13.2. The lowest BCUT2D eigenvalue weighted by Gasteiger charge is -2.31. The van der Waals surface area contributed by atoms with Crippen molar-refractivity contribution in [2.75, 3.05) is 13.2 Å². The van der Waals surface area contributed by atoms with Crippen LogP contribution in [0, 0.1) is 12.7 Å². The van der Waals surface area contributed by atoms with Crippen molar-refractivity contribution in [1.82, 2.24) is 5.32 Å². The van der Waals surface area contributed by atoms with E-state index in [0.717, 1.165) is 11.1 Å². The normalized spacial score (nSPS) is 13.2. The Hall–Kier alpha value is -2.24. The molecule has 2 aromatic carbocycles. The maximum Gasteiger partial charge on any atom is 0.127 e. The summed E-state index contributed by atoms with van der Waals surface area (Å²) in [6, 6.07) is 13.5. The van der Waals surface area contributed by atoms with Crippen LogP contribution in [0.3, 0.4) is 0 Å². The third-order valence-corrected chi connectivity index (χ3v) is 3.60. The molecule has 0 aliphatic rings. The van der Waals surface area contributed by atoms with Gasteiger partial charge in [-0.1, -0.05) is 50.2 Å². The van der Waals surface area contributed by atoms with E-state index in [1.165, 1.54) is 18.5 Å². The Morgan fingerprint density at radius 2 is 1.79 bits per heavy atom. The van der Waals surface area contributed by atoms with E-state index in [4.69, 9.17) is 5.73 Å². The molecule has 4 nitrogen and oxygen atoms in total. The number of nitrogens with zero attached hydrogens (tertiary/aromatic N) is 1. The molecule has 0 heterocycles. The Morgan fingerprint density at radius 3 is 2.38 bits per heavy atom. The molecular weight excluding hydrogens is 305 g/mol. The molecule has 24 heavy (non-hydrogen) atoms. The molecule has 4 N–H and O–H groups in total. The molecule has 0 aliphatic carbocycles. The molecule has 2 rings (SSSR count). The Bertz CT molecular complexity index is 643. The molecule has 0 saturated carbocycles. The van der Waals surface area contributed by atoms with Crippen LogP contribution in [0.15, 0.2) is 53.5 Å². The number of hydrogen-bond donors (Lipinski definition) is 3. The average Bonchev–Trinajstić information content (AvgIpc) is 2.61. The monoisotopic (exact) mass is 331 g/mol. The van der Waals surface area contributed by atoms with Gasteiger partial charge in [-0.2, -0.15) is 0 Å². The van der Waals surface area contributed by atoms with Crippen LogP contribution >= 0.6 is 0 Å². The highest BCUT2D eigenvalue weighted by Crippen LogP contribution is 2.31. The van der Waals surface area contributed by atoms with E-state index in [2.05, 4.69) is 10.3 Å². The van der Waals surface area contributed by atoms with Gasteiger partial charge in [-0.3, -0.25) is 10.3 Å². The topological polar surface area (TPSA) is 70.6 Å². The standard InChI is InChI=1S/C17H20FN3O.C2H6/c1-13-4-2-3-5-16(13)17(22,10-20-12-21-11-19)14-6-8-15(18)9-7-14;1-2/h2-9,11,20,22H,10,12H2,1H3,(H2,19,21);1-2H3. The largest absolute Gasteiger partial charge is 0.390 e. The van der Waals surface area contributed by atoms with E-state index in [0.29, 0.717) is 12.2 Å². The van der Waals surface area contributed by atoms with Gasteiger partial charge >= 0.3 is 0 Å². The van der Waals surface area contributed by atoms with Gasteiger partial charge in [-0.25, -0.2) is 4.39 Å². The van der Waals surface area contributed by atoms with E-state index in [1.807, 2.05) is 45.0 Å². The van der Waals surface area contributed by atoms with Crippen molar-refractivity contribution in [3.05, 3.63) is 71.0 Å². The van der Waals surface area contributed by atoms with E-state index >= 15 is 0 Å². The number of aryl methyl sites for hydroxylation is 1. The summed E-state index contributed by atoms with van der Waals surface area (Å²) in [6.07, 6.45) is 1.21. The number of halogens is 1. The third kappa shape index (κ3) is 4.88. The number of nitrogens with one attached hydrogen (secondary N) is 1. The van der Waals surface area contributed by atoms with Crippen LogP contribution in [0.1, 0.15) is 30.5 Å². The number of benzene rings is 2. The molecule has 0 spiro atoms. The maximum absolute atomic E-state index is 13.2. The van der Waals surface area contributed by atoms with E-state index < -0.39 is 5.60 Å². The first-order chi connectivity index (χ1) is 11.6. The zero-order valence-electron chi connectivity index (χ0n) is 14.5. The van der Waals surface area contributed by atoms with Crippen molar-refractivity contribution in [3.8, 4) is 0 Å². The first-order valence-electron chi connectivity index (χ1n) is 8.03. The molecule has 0 amide bonds. The summed E-state index contributed by atoms with van der Waals surface area (Å²) in [5.41, 5.74) is 6.28. The molecule has 0 bridgehead atoms. The number of nitrogens with two attached hydrogens (primary N) is 1. The zero-order chi connectivity index (χ0) is 18.0. The molecule has 0 fully saturated rings. The van der Waals surface area contributed by atoms with Crippen LogP contribution < -0.4 is 11.1 Å². The molecule has 0 saturated heterocycles. The van der Waals surface area contributed by atoms with Gasteiger partial charge in [-0.15, -0.1) is 0 Å². The van der Waals surface area contributed by atoms with E-state index in [-0.39, 0.29) is 12.4 Å². The fourth-order valence-electron chi connectivity index (χ4n) is 2.47. The van der Waals surface area contributed by atoms with Gasteiger partial charge in [-0.05, 0) is 35.7 Å². The fourth-order valence-corrected chi connectivity index (χ4v) is 2.47. The third-order valence-electron chi connectivity index (χ3n) is 3.60. The molecule has 0 aromatic heterocycles. The molecule has 1 unspecified atom stereocenters. The summed E-state index contributed by atoms with van der Waals surface area (Å²) >= 11 is 0.